The van der Waals surface area contributed by atoms with Crippen LogP contribution in [0.15, 0.2) is 0 Å². The van der Waals surface area contributed by atoms with Gasteiger partial charge in [-0.2, -0.15) is 0 Å². The van der Waals surface area contributed by atoms with Crippen molar-refractivity contribution in [2.24, 2.45) is 0 Å². The topological polar surface area (TPSA) is 36.9 Å². The highest BCUT2D eigenvalue weighted by molar-refractivity contribution is 4.54. The molecule has 1 aliphatic rings. The van der Waals surface area contributed by atoms with E-state index in [1.54, 1.807) is 7.11 Å². The Bertz CT molecular complexity index is 181. The highest BCUT2D eigenvalue weighted by atomic mass is 16.7. The number of hydrogen-bond acceptors (Lipinski definition) is 4. The fourth-order valence-electron chi connectivity index (χ4n) is 2.21. The molecule has 0 spiro atoms. The van der Waals surface area contributed by atoms with Crippen LogP contribution in [0.2, 0.25) is 0 Å². The van der Waals surface area contributed by atoms with E-state index >= 15 is 0 Å². The van der Waals surface area contributed by atoms with Gasteiger partial charge in [0.15, 0.2) is 6.29 Å². The van der Waals surface area contributed by atoms with Gasteiger partial charge in [0.2, 0.25) is 0 Å². The quantitative estimate of drug-likeness (QED) is 0.403. The Balaban J connectivity index is 1.71. The lowest BCUT2D eigenvalue weighted by Gasteiger charge is -2.22. The maximum Gasteiger partial charge on any atom is 0.157 e. The molecule has 1 rings (SSSR count). The molecule has 1 unspecified atom stereocenters. The molecular formula is C15H30O4. The Kier molecular flexibility index (Phi) is 11.4. The van der Waals surface area contributed by atoms with E-state index in [0.717, 1.165) is 39.1 Å². The summed E-state index contributed by atoms with van der Waals surface area (Å²) in [5.41, 5.74) is 0. The normalized spacial score (nSPS) is 19.7. The highest BCUT2D eigenvalue weighted by Crippen LogP contribution is 2.14. The van der Waals surface area contributed by atoms with Crippen LogP contribution in [0, 0.1) is 0 Å². The van der Waals surface area contributed by atoms with Gasteiger partial charge in [-0.1, -0.05) is 25.7 Å². The van der Waals surface area contributed by atoms with Crippen LogP contribution in [-0.4, -0.2) is 40.0 Å². The molecule has 1 aliphatic heterocycles. The van der Waals surface area contributed by atoms with Gasteiger partial charge in [0.1, 0.15) is 6.79 Å². The molecule has 0 bridgehead atoms. The van der Waals surface area contributed by atoms with Crippen LogP contribution in [0.5, 0.6) is 0 Å². The third-order valence-corrected chi connectivity index (χ3v) is 3.33. The Morgan fingerprint density at radius 2 is 1.68 bits per heavy atom. The van der Waals surface area contributed by atoms with Gasteiger partial charge in [0.05, 0.1) is 0 Å². The minimum atomic E-state index is 0.0756. The average Bonchev–Trinajstić information content (AvgIpc) is 2.46. The smallest absolute Gasteiger partial charge is 0.157 e. The molecular weight excluding hydrogens is 244 g/mol. The van der Waals surface area contributed by atoms with E-state index in [1.807, 2.05) is 0 Å². The lowest BCUT2D eigenvalue weighted by Crippen LogP contribution is -2.22. The van der Waals surface area contributed by atoms with Gasteiger partial charge in [0, 0.05) is 26.9 Å². The molecule has 1 fully saturated rings. The van der Waals surface area contributed by atoms with Crippen molar-refractivity contribution in [2.75, 3.05) is 33.7 Å². The molecule has 1 heterocycles. The Labute approximate surface area is 117 Å². The van der Waals surface area contributed by atoms with Crippen LogP contribution >= 0.6 is 0 Å². The van der Waals surface area contributed by atoms with E-state index < -0.39 is 0 Å². The zero-order valence-corrected chi connectivity index (χ0v) is 12.4. The van der Waals surface area contributed by atoms with Crippen molar-refractivity contribution in [3.05, 3.63) is 0 Å². The first-order valence-electron chi connectivity index (χ1n) is 7.73. The van der Waals surface area contributed by atoms with Crippen molar-refractivity contribution in [3.8, 4) is 0 Å². The summed E-state index contributed by atoms with van der Waals surface area (Å²) in [6.07, 6.45) is 10.9. The van der Waals surface area contributed by atoms with Gasteiger partial charge in [-0.15, -0.1) is 0 Å². The lowest BCUT2D eigenvalue weighted by atomic mass is 10.1. The summed E-state index contributed by atoms with van der Waals surface area (Å²) in [6.45, 7) is 2.95. The Morgan fingerprint density at radius 1 is 0.947 bits per heavy atom. The summed E-state index contributed by atoms with van der Waals surface area (Å²) in [4.78, 5) is 0. The van der Waals surface area contributed by atoms with Gasteiger partial charge >= 0.3 is 0 Å². The van der Waals surface area contributed by atoms with Gasteiger partial charge in [-0.05, 0) is 32.1 Å². The number of hydrogen-bond donors (Lipinski definition) is 0. The van der Waals surface area contributed by atoms with E-state index in [2.05, 4.69) is 0 Å². The Morgan fingerprint density at radius 3 is 2.37 bits per heavy atom. The van der Waals surface area contributed by atoms with Crippen LogP contribution in [0.25, 0.3) is 0 Å². The van der Waals surface area contributed by atoms with E-state index in [0.29, 0.717) is 6.79 Å². The van der Waals surface area contributed by atoms with Crippen LogP contribution < -0.4 is 0 Å². The lowest BCUT2D eigenvalue weighted by molar-refractivity contribution is -0.162. The molecule has 4 nitrogen and oxygen atoms in total. The van der Waals surface area contributed by atoms with Crippen LogP contribution in [0.3, 0.4) is 0 Å². The summed E-state index contributed by atoms with van der Waals surface area (Å²) >= 11 is 0. The van der Waals surface area contributed by atoms with Gasteiger partial charge < -0.3 is 18.9 Å². The zero-order chi connectivity index (χ0) is 13.6. The maximum atomic E-state index is 5.70. The summed E-state index contributed by atoms with van der Waals surface area (Å²) in [7, 11) is 1.65. The van der Waals surface area contributed by atoms with Crippen LogP contribution in [0.4, 0.5) is 0 Å². The molecule has 0 radical (unpaired) electrons. The number of rotatable bonds is 12. The van der Waals surface area contributed by atoms with E-state index in [4.69, 9.17) is 18.9 Å². The minimum absolute atomic E-state index is 0.0756. The Hall–Kier alpha value is -0.160. The third kappa shape index (κ3) is 10.3. The third-order valence-electron chi connectivity index (χ3n) is 3.33. The molecule has 1 atom stereocenters. The molecule has 0 N–H and O–H groups in total. The second-order valence-electron chi connectivity index (χ2n) is 5.10. The minimum Gasteiger partial charge on any atom is -0.359 e. The summed E-state index contributed by atoms with van der Waals surface area (Å²) in [5, 5.41) is 0. The van der Waals surface area contributed by atoms with Gasteiger partial charge in [-0.3, -0.25) is 0 Å². The largest absolute Gasteiger partial charge is 0.359 e. The molecule has 0 aliphatic carbocycles. The second-order valence-corrected chi connectivity index (χ2v) is 5.10. The fraction of sp³-hybridized carbons (Fsp3) is 1.00. The predicted octanol–water partition coefficient (Wildman–Crippen LogP) is 3.49. The number of unbranched alkanes of at least 4 members (excludes halogenated alkanes) is 5. The number of ether oxygens (including phenoxy) is 4. The molecule has 0 saturated carbocycles. The van der Waals surface area contributed by atoms with Gasteiger partial charge in [-0.25, -0.2) is 0 Å². The van der Waals surface area contributed by atoms with Crippen molar-refractivity contribution in [1.82, 2.24) is 0 Å². The van der Waals surface area contributed by atoms with Crippen molar-refractivity contribution in [1.29, 1.82) is 0 Å². The molecule has 19 heavy (non-hydrogen) atoms. The molecule has 0 aromatic carbocycles. The van der Waals surface area contributed by atoms with Gasteiger partial charge in [0.25, 0.3) is 0 Å². The first-order chi connectivity index (χ1) is 9.43. The fourth-order valence-corrected chi connectivity index (χ4v) is 2.21. The summed E-state index contributed by atoms with van der Waals surface area (Å²) in [6, 6.07) is 0. The average molecular weight is 274 g/mol. The van der Waals surface area contributed by atoms with E-state index in [-0.39, 0.29) is 6.29 Å². The van der Waals surface area contributed by atoms with Crippen molar-refractivity contribution >= 4 is 0 Å². The van der Waals surface area contributed by atoms with E-state index in [9.17, 15) is 0 Å². The van der Waals surface area contributed by atoms with Crippen LogP contribution in [-0.2, 0) is 18.9 Å². The zero-order valence-electron chi connectivity index (χ0n) is 12.4. The SMILES string of the molecule is COCOCCCCCCCCOC1CCCCO1. The summed E-state index contributed by atoms with van der Waals surface area (Å²) in [5.74, 6) is 0. The predicted molar refractivity (Wildman–Crippen MR) is 75.1 cm³/mol. The van der Waals surface area contributed by atoms with Crippen molar-refractivity contribution < 1.29 is 18.9 Å². The first kappa shape index (κ1) is 16.9. The standard InChI is InChI=1S/C15H30O4/c1-16-14-17-11-7-4-2-3-5-8-12-18-15-10-6-9-13-19-15/h15H,2-14H2,1H3. The van der Waals surface area contributed by atoms with E-state index in [1.165, 1.54) is 38.5 Å². The monoisotopic (exact) mass is 274 g/mol. The van der Waals surface area contributed by atoms with Crippen molar-refractivity contribution in [3.63, 3.8) is 0 Å². The molecule has 0 aromatic heterocycles. The first-order valence-corrected chi connectivity index (χ1v) is 7.73. The molecule has 1 saturated heterocycles. The molecule has 0 aromatic rings. The summed E-state index contributed by atoms with van der Waals surface area (Å²) < 4.78 is 21.3. The second kappa shape index (κ2) is 12.9. The molecule has 0 amide bonds. The number of methoxy groups -OCH3 is 1. The highest BCUT2D eigenvalue weighted by Gasteiger charge is 2.13. The van der Waals surface area contributed by atoms with Crippen molar-refractivity contribution in [2.45, 2.75) is 64.1 Å². The molecule has 114 valence electrons. The molecule has 4 heteroatoms. The van der Waals surface area contributed by atoms with Crippen LogP contribution in [0.1, 0.15) is 57.8 Å². The maximum absolute atomic E-state index is 5.70.